The number of methoxy groups -OCH3 is 1. The molecule has 1 atom stereocenters. The molecule has 0 aliphatic heterocycles. The van der Waals surface area contributed by atoms with Crippen LogP contribution in [-0.4, -0.2) is 24.7 Å². The highest BCUT2D eigenvalue weighted by Crippen LogP contribution is 2.15. The number of carbonyl (C=O) groups excluding carboxylic acids is 1. The predicted molar refractivity (Wildman–Crippen MR) is 65.6 cm³/mol. The lowest BCUT2D eigenvalue weighted by Gasteiger charge is -2.11. The third-order valence-corrected chi connectivity index (χ3v) is 2.45. The van der Waals surface area contributed by atoms with Crippen LogP contribution in [0.15, 0.2) is 24.3 Å². The summed E-state index contributed by atoms with van der Waals surface area (Å²) in [6.07, 6.45) is 0.432. The molecule has 0 fully saturated rings. The van der Waals surface area contributed by atoms with Crippen LogP contribution in [0.25, 0.3) is 0 Å². The van der Waals surface area contributed by atoms with Crippen molar-refractivity contribution in [2.45, 2.75) is 19.9 Å². The molecule has 0 saturated carbocycles. The van der Waals surface area contributed by atoms with Gasteiger partial charge in [0, 0.05) is 32.2 Å². The Morgan fingerprint density at radius 1 is 1.47 bits per heavy atom. The van der Waals surface area contributed by atoms with Crippen LogP contribution in [-0.2, 0) is 16.1 Å². The minimum atomic E-state index is -0.0298. The lowest BCUT2D eigenvalue weighted by atomic mass is 10.1. The summed E-state index contributed by atoms with van der Waals surface area (Å²) in [7, 11) is 1.62. The first-order valence-electron chi connectivity index (χ1n) is 5.66. The second-order valence-corrected chi connectivity index (χ2v) is 4.17. The summed E-state index contributed by atoms with van der Waals surface area (Å²) in [5.74, 6) is 0.375. The largest absolute Gasteiger partial charge is 0.508 e. The van der Waals surface area contributed by atoms with Gasteiger partial charge in [-0.2, -0.15) is 0 Å². The molecule has 1 amide bonds. The van der Waals surface area contributed by atoms with Gasteiger partial charge in [-0.3, -0.25) is 4.79 Å². The van der Waals surface area contributed by atoms with E-state index in [4.69, 9.17) is 4.74 Å². The molecular weight excluding hydrogens is 218 g/mol. The number of carbonyl (C=O) groups is 1. The summed E-state index contributed by atoms with van der Waals surface area (Å²) in [5.41, 5.74) is 0.722. The summed E-state index contributed by atoms with van der Waals surface area (Å²) in [5, 5.41) is 12.3. The molecule has 0 radical (unpaired) electrons. The molecule has 94 valence electrons. The van der Waals surface area contributed by atoms with Gasteiger partial charge in [-0.1, -0.05) is 25.1 Å². The third kappa shape index (κ3) is 4.87. The van der Waals surface area contributed by atoms with Gasteiger partial charge in [-0.25, -0.2) is 0 Å². The van der Waals surface area contributed by atoms with Gasteiger partial charge in [0.25, 0.3) is 0 Å². The van der Waals surface area contributed by atoms with Gasteiger partial charge in [-0.15, -0.1) is 0 Å². The topological polar surface area (TPSA) is 58.6 Å². The van der Waals surface area contributed by atoms with Gasteiger partial charge >= 0.3 is 0 Å². The maximum absolute atomic E-state index is 11.6. The average molecular weight is 237 g/mol. The molecule has 0 saturated heterocycles. The molecule has 0 aliphatic carbocycles. The molecule has 0 aromatic heterocycles. The van der Waals surface area contributed by atoms with E-state index in [1.807, 2.05) is 13.0 Å². The fourth-order valence-corrected chi connectivity index (χ4v) is 1.59. The van der Waals surface area contributed by atoms with Crippen LogP contribution in [0.2, 0.25) is 0 Å². The molecule has 1 unspecified atom stereocenters. The van der Waals surface area contributed by atoms with E-state index < -0.39 is 0 Å². The zero-order valence-corrected chi connectivity index (χ0v) is 10.3. The number of aromatic hydroxyl groups is 1. The van der Waals surface area contributed by atoms with Gasteiger partial charge in [0.05, 0.1) is 0 Å². The van der Waals surface area contributed by atoms with E-state index in [1.165, 1.54) is 0 Å². The van der Waals surface area contributed by atoms with Gasteiger partial charge in [0.1, 0.15) is 5.75 Å². The highest BCUT2D eigenvalue weighted by molar-refractivity contribution is 5.76. The second kappa shape index (κ2) is 6.91. The van der Waals surface area contributed by atoms with Gasteiger partial charge in [0.15, 0.2) is 0 Å². The Balaban J connectivity index is 2.36. The highest BCUT2D eigenvalue weighted by Gasteiger charge is 2.09. The van der Waals surface area contributed by atoms with E-state index in [0.29, 0.717) is 19.6 Å². The van der Waals surface area contributed by atoms with Crippen LogP contribution >= 0.6 is 0 Å². The molecule has 1 aromatic carbocycles. The van der Waals surface area contributed by atoms with E-state index in [0.717, 1.165) is 5.56 Å². The van der Waals surface area contributed by atoms with Crippen molar-refractivity contribution in [3.05, 3.63) is 29.8 Å². The van der Waals surface area contributed by atoms with E-state index in [9.17, 15) is 9.90 Å². The van der Waals surface area contributed by atoms with Crippen LogP contribution < -0.4 is 5.32 Å². The van der Waals surface area contributed by atoms with E-state index in [1.54, 1.807) is 25.3 Å². The average Bonchev–Trinajstić information content (AvgIpc) is 2.28. The van der Waals surface area contributed by atoms with Crippen molar-refractivity contribution in [1.29, 1.82) is 0 Å². The van der Waals surface area contributed by atoms with Crippen LogP contribution in [0.3, 0.4) is 0 Å². The molecule has 1 rings (SSSR count). The Bertz CT molecular complexity index is 365. The number of hydrogen-bond donors (Lipinski definition) is 2. The van der Waals surface area contributed by atoms with Gasteiger partial charge < -0.3 is 15.2 Å². The van der Waals surface area contributed by atoms with Crippen molar-refractivity contribution >= 4 is 5.91 Å². The van der Waals surface area contributed by atoms with Crippen LogP contribution in [0.1, 0.15) is 18.9 Å². The molecular formula is C13H19NO3. The fourth-order valence-electron chi connectivity index (χ4n) is 1.59. The number of hydrogen-bond acceptors (Lipinski definition) is 3. The number of para-hydroxylation sites is 1. The molecule has 0 bridgehead atoms. The Morgan fingerprint density at radius 2 is 2.18 bits per heavy atom. The summed E-state index contributed by atoms with van der Waals surface area (Å²) in [4.78, 5) is 11.6. The number of phenolic OH excluding ortho intramolecular Hbond substituents is 1. The maximum Gasteiger partial charge on any atom is 0.220 e. The molecule has 0 spiro atoms. The number of ether oxygens (including phenoxy) is 1. The monoisotopic (exact) mass is 237 g/mol. The number of benzene rings is 1. The minimum absolute atomic E-state index is 0.0298. The lowest BCUT2D eigenvalue weighted by molar-refractivity contribution is -0.122. The Hall–Kier alpha value is -1.55. The summed E-state index contributed by atoms with van der Waals surface area (Å²) in [6, 6.07) is 6.97. The Morgan fingerprint density at radius 3 is 2.82 bits per heavy atom. The molecule has 17 heavy (non-hydrogen) atoms. The Labute approximate surface area is 102 Å². The fraction of sp³-hybridized carbons (Fsp3) is 0.462. The number of rotatable bonds is 6. The zero-order valence-electron chi connectivity index (χ0n) is 10.3. The smallest absolute Gasteiger partial charge is 0.220 e. The normalized spacial score (nSPS) is 12.1. The number of phenols is 1. The predicted octanol–water partition coefficient (Wildman–Crippen LogP) is 1.68. The Kier molecular flexibility index (Phi) is 5.49. The van der Waals surface area contributed by atoms with E-state index in [2.05, 4.69) is 5.32 Å². The first-order chi connectivity index (χ1) is 8.13. The van der Waals surface area contributed by atoms with Gasteiger partial charge in [0.2, 0.25) is 5.91 Å². The van der Waals surface area contributed by atoms with Crippen molar-refractivity contribution in [2.24, 2.45) is 5.92 Å². The molecule has 0 aliphatic rings. The summed E-state index contributed by atoms with van der Waals surface area (Å²) < 4.78 is 4.97. The summed E-state index contributed by atoms with van der Waals surface area (Å²) >= 11 is 0. The lowest BCUT2D eigenvalue weighted by Crippen LogP contribution is -2.25. The standard InChI is InChI=1S/C13H19NO3/c1-10(9-17-2)7-13(16)14-8-11-5-3-4-6-12(11)15/h3-6,10,15H,7-9H2,1-2H3,(H,14,16). The molecule has 0 heterocycles. The van der Waals surface area contributed by atoms with Gasteiger partial charge in [-0.05, 0) is 12.0 Å². The van der Waals surface area contributed by atoms with Crippen molar-refractivity contribution in [3.8, 4) is 5.75 Å². The van der Waals surface area contributed by atoms with Crippen molar-refractivity contribution < 1.29 is 14.6 Å². The number of amides is 1. The molecule has 4 heteroatoms. The molecule has 1 aromatic rings. The first-order valence-corrected chi connectivity index (χ1v) is 5.66. The molecule has 4 nitrogen and oxygen atoms in total. The third-order valence-electron chi connectivity index (χ3n) is 2.45. The zero-order chi connectivity index (χ0) is 12.7. The van der Waals surface area contributed by atoms with Crippen molar-refractivity contribution in [3.63, 3.8) is 0 Å². The van der Waals surface area contributed by atoms with E-state index >= 15 is 0 Å². The second-order valence-electron chi connectivity index (χ2n) is 4.17. The highest BCUT2D eigenvalue weighted by atomic mass is 16.5. The SMILES string of the molecule is COCC(C)CC(=O)NCc1ccccc1O. The summed E-state index contributed by atoms with van der Waals surface area (Å²) in [6.45, 7) is 2.89. The minimum Gasteiger partial charge on any atom is -0.508 e. The van der Waals surface area contributed by atoms with Crippen LogP contribution in [0, 0.1) is 5.92 Å². The van der Waals surface area contributed by atoms with Crippen molar-refractivity contribution in [1.82, 2.24) is 5.32 Å². The number of nitrogens with one attached hydrogen (secondary N) is 1. The molecule has 2 N–H and O–H groups in total. The quantitative estimate of drug-likeness (QED) is 0.791. The van der Waals surface area contributed by atoms with Crippen LogP contribution in [0.5, 0.6) is 5.75 Å². The maximum atomic E-state index is 11.6. The van der Waals surface area contributed by atoms with E-state index in [-0.39, 0.29) is 17.6 Å². The first kappa shape index (κ1) is 13.5. The van der Waals surface area contributed by atoms with Crippen LogP contribution in [0.4, 0.5) is 0 Å². The van der Waals surface area contributed by atoms with Crippen molar-refractivity contribution in [2.75, 3.05) is 13.7 Å².